The molecule has 0 bridgehead atoms. The molecule has 1 aromatic rings. The molecule has 0 aliphatic heterocycles. The molecule has 1 aromatic carbocycles. The molecule has 18 heavy (non-hydrogen) atoms. The summed E-state index contributed by atoms with van der Waals surface area (Å²) in [6.45, 7) is 4.40. The van der Waals surface area contributed by atoms with E-state index in [4.69, 9.17) is 4.74 Å². The zero-order chi connectivity index (χ0) is 13.0. The minimum Gasteiger partial charge on any atom is -0.496 e. The van der Waals surface area contributed by atoms with Crippen LogP contribution in [0.25, 0.3) is 0 Å². The van der Waals surface area contributed by atoms with Crippen LogP contribution < -0.4 is 10.1 Å². The lowest BCUT2D eigenvalue weighted by Gasteiger charge is -2.19. The van der Waals surface area contributed by atoms with Gasteiger partial charge in [-0.1, -0.05) is 25.0 Å². The summed E-state index contributed by atoms with van der Waals surface area (Å²) in [5.41, 5.74) is 2.62. The van der Waals surface area contributed by atoms with E-state index in [1.165, 1.54) is 36.8 Å². The average molecular weight is 247 g/mol. The minimum absolute atomic E-state index is 0.556. The molecule has 2 heteroatoms. The van der Waals surface area contributed by atoms with Gasteiger partial charge in [0.2, 0.25) is 0 Å². The normalized spacial score (nSPS) is 17.9. The molecule has 100 valence electrons. The monoisotopic (exact) mass is 247 g/mol. The molecule has 0 saturated heterocycles. The van der Waals surface area contributed by atoms with Crippen molar-refractivity contribution in [2.45, 2.75) is 58.0 Å². The first kappa shape index (κ1) is 13.4. The average Bonchev–Trinajstić information content (AvgIpc) is 2.82. The Labute approximate surface area is 111 Å². The van der Waals surface area contributed by atoms with E-state index in [0.717, 1.165) is 18.2 Å². The molecule has 2 rings (SSSR count). The Morgan fingerprint density at radius 3 is 2.67 bits per heavy atom. The van der Waals surface area contributed by atoms with Gasteiger partial charge in [0.15, 0.2) is 0 Å². The van der Waals surface area contributed by atoms with Crippen LogP contribution in [0.1, 0.15) is 43.7 Å². The molecule has 1 fully saturated rings. The quantitative estimate of drug-likeness (QED) is 0.860. The Morgan fingerprint density at radius 2 is 2.06 bits per heavy atom. The summed E-state index contributed by atoms with van der Waals surface area (Å²) in [5.74, 6) is 0.982. The van der Waals surface area contributed by atoms with E-state index in [9.17, 15) is 0 Å². The van der Waals surface area contributed by atoms with Crippen molar-refractivity contribution in [3.05, 3.63) is 29.3 Å². The third-order valence-corrected chi connectivity index (χ3v) is 3.88. The highest BCUT2D eigenvalue weighted by Crippen LogP contribution is 2.21. The van der Waals surface area contributed by atoms with E-state index in [1.54, 1.807) is 7.11 Å². The van der Waals surface area contributed by atoms with Gasteiger partial charge in [0.25, 0.3) is 0 Å². The Morgan fingerprint density at radius 1 is 1.33 bits per heavy atom. The second-order valence-electron chi connectivity index (χ2n) is 5.56. The molecule has 0 aromatic heterocycles. The summed E-state index contributed by atoms with van der Waals surface area (Å²) >= 11 is 0. The molecule has 1 atom stereocenters. The summed E-state index contributed by atoms with van der Waals surface area (Å²) in [6.07, 6.45) is 6.59. The lowest BCUT2D eigenvalue weighted by Crippen LogP contribution is -2.35. The maximum Gasteiger partial charge on any atom is 0.121 e. The highest BCUT2D eigenvalue weighted by molar-refractivity contribution is 5.36. The molecule has 0 amide bonds. The Balaban J connectivity index is 1.89. The van der Waals surface area contributed by atoms with Gasteiger partial charge in [-0.3, -0.25) is 0 Å². The first-order chi connectivity index (χ1) is 8.69. The number of methoxy groups -OCH3 is 1. The van der Waals surface area contributed by atoms with Crippen LogP contribution >= 0.6 is 0 Å². The molecule has 1 aliphatic rings. The lowest BCUT2D eigenvalue weighted by atomic mass is 10.0. The Kier molecular flexibility index (Phi) is 4.65. The van der Waals surface area contributed by atoms with Gasteiger partial charge in [0.1, 0.15) is 5.75 Å². The number of rotatable bonds is 5. The number of aryl methyl sites for hydroxylation is 1. The van der Waals surface area contributed by atoms with Crippen molar-refractivity contribution in [3.63, 3.8) is 0 Å². The summed E-state index contributed by atoms with van der Waals surface area (Å²) in [7, 11) is 1.73. The molecule has 0 radical (unpaired) electrons. The van der Waals surface area contributed by atoms with Gasteiger partial charge in [-0.05, 0) is 50.3 Å². The van der Waals surface area contributed by atoms with Gasteiger partial charge in [0.05, 0.1) is 7.11 Å². The second kappa shape index (κ2) is 6.24. The van der Waals surface area contributed by atoms with Crippen LogP contribution in [0.5, 0.6) is 5.75 Å². The van der Waals surface area contributed by atoms with Crippen molar-refractivity contribution >= 4 is 0 Å². The topological polar surface area (TPSA) is 21.3 Å². The zero-order valence-electron chi connectivity index (χ0n) is 11.8. The fourth-order valence-corrected chi connectivity index (χ4v) is 2.97. The number of hydrogen-bond acceptors (Lipinski definition) is 2. The highest BCUT2D eigenvalue weighted by atomic mass is 16.5. The van der Waals surface area contributed by atoms with Crippen molar-refractivity contribution in [2.75, 3.05) is 7.11 Å². The molecular weight excluding hydrogens is 222 g/mol. The standard InChI is InChI=1S/C16H25NO/c1-12-10-14(8-9-16(12)18-3)11-13(2)17-15-6-4-5-7-15/h8-10,13,15,17H,4-7,11H2,1-3H3. The fourth-order valence-electron chi connectivity index (χ4n) is 2.97. The fraction of sp³-hybridized carbons (Fsp3) is 0.625. The van der Waals surface area contributed by atoms with Crippen molar-refractivity contribution in [1.82, 2.24) is 5.32 Å². The maximum absolute atomic E-state index is 5.30. The summed E-state index contributed by atoms with van der Waals surface area (Å²) < 4.78 is 5.30. The van der Waals surface area contributed by atoms with E-state index < -0.39 is 0 Å². The molecule has 2 nitrogen and oxygen atoms in total. The van der Waals surface area contributed by atoms with Gasteiger partial charge in [-0.25, -0.2) is 0 Å². The van der Waals surface area contributed by atoms with Crippen LogP contribution in [-0.2, 0) is 6.42 Å². The van der Waals surface area contributed by atoms with Crippen molar-refractivity contribution in [1.29, 1.82) is 0 Å². The van der Waals surface area contributed by atoms with E-state index in [0.29, 0.717) is 6.04 Å². The van der Waals surface area contributed by atoms with Crippen molar-refractivity contribution in [2.24, 2.45) is 0 Å². The van der Waals surface area contributed by atoms with Crippen LogP contribution in [0.15, 0.2) is 18.2 Å². The maximum atomic E-state index is 5.30. The Hall–Kier alpha value is -1.02. The third-order valence-electron chi connectivity index (χ3n) is 3.88. The first-order valence-electron chi connectivity index (χ1n) is 7.08. The van der Waals surface area contributed by atoms with Crippen LogP contribution in [0.3, 0.4) is 0 Å². The molecule has 1 unspecified atom stereocenters. The highest BCUT2D eigenvalue weighted by Gasteiger charge is 2.16. The van der Waals surface area contributed by atoms with E-state index in [-0.39, 0.29) is 0 Å². The molecule has 1 saturated carbocycles. The molecular formula is C16H25NO. The van der Waals surface area contributed by atoms with Crippen LogP contribution in [-0.4, -0.2) is 19.2 Å². The first-order valence-corrected chi connectivity index (χ1v) is 7.08. The zero-order valence-corrected chi connectivity index (χ0v) is 11.8. The van der Waals surface area contributed by atoms with Crippen molar-refractivity contribution in [3.8, 4) is 5.75 Å². The largest absolute Gasteiger partial charge is 0.496 e. The number of ether oxygens (including phenoxy) is 1. The van der Waals surface area contributed by atoms with Gasteiger partial charge >= 0.3 is 0 Å². The molecule has 1 aliphatic carbocycles. The second-order valence-corrected chi connectivity index (χ2v) is 5.56. The van der Waals surface area contributed by atoms with E-state index >= 15 is 0 Å². The summed E-state index contributed by atoms with van der Waals surface area (Å²) in [6, 6.07) is 7.80. The summed E-state index contributed by atoms with van der Waals surface area (Å²) in [4.78, 5) is 0. The number of benzene rings is 1. The lowest BCUT2D eigenvalue weighted by molar-refractivity contribution is 0.411. The van der Waals surface area contributed by atoms with Crippen molar-refractivity contribution < 1.29 is 4.74 Å². The van der Waals surface area contributed by atoms with Crippen LogP contribution in [0.2, 0.25) is 0 Å². The van der Waals surface area contributed by atoms with Gasteiger partial charge < -0.3 is 10.1 Å². The predicted molar refractivity (Wildman–Crippen MR) is 76.3 cm³/mol. The molecule has 1 N–H and O–H groups in total. The predicted octanol–water partition coefficient (Wildman–Crippen LogP) is 3.47. The van der Waals surface area contributed by atoms with Gasteiger partial charge in [-0.2, -0.15) is 0 Å². The van der Waals surface area contributed by atoms with Gasteiger partial charge in [-0.15, -0.1) is 0 Å². The number of hydrogen-bond donors (Lipinski definition) is 1. The Bertz CT molecular complexity index is 383. The number of nitrogens with one attached hydrogen (secondary N) is 1. The van der Waals surface area contributed by atoms with Crippen LogP contribution in [0, 0.1) is 6.92 Å². The smallest absolute Gasteiger partial charge is 0.121 e. The minimum atomic E-state index is 0.556. The van der Waals surface area contributed by atoms with Crippen LogP contribution in [0.4, 0.5) is 0 Å². The molecule has 0 heterocycles. The van der Waals surface area contributed by atoms with E-state index in [2.05, 4.69) is 37.4 Å². The van der Waals surface area contributed by atoms with Gasteiger partial charge in [0, 0.05) is 12.1 Å². The SMILES string of the molecule is COc1ccc(CC(C)NC2CCCC2)cc1C. The summed E-state index contributed by atoms with van der Waals surface area (Å²) in [5, 5.41) is 3.74. The third kappa shape index (κ3) is 3.49. The van der Waals surface area contributed by atoms with E-state index in [1.807, 2.05) is 0 Å². The molecule has 0 spiro atoms.